The van der Waals surface area contributed by atoms with Crippen LogP contribution in [0.3, 0.4) is 0 Å². The highest BCUT2D eigenvalue weighted by atomic mass is 32.1. The Bertz CT molecular complexity index is 600. The van der Waals surface area contributed by atoms with Gasteiger partial charge in [-0.2, -0.15) is 0 Å². The van der Waals surface area contributed by atoms with Crippen molar-refractivity contribution in [1.82, 2.24) is 9.88 Å². The molecule has 0 aromatic carbocycles. The highest BCUT2D eigenvalue weighted by Crippen LogP contribution is 2.29. The van der Waals surface area contributed by atoms with E-state index in [1.165, 1.54) is 0 Å². The summed E-state index contributed by atoms with van der Waals surface area (Å²) < 4.78 is 0. The van der Waals surface area contributed by atoms with Crippen LogP contribution < -0.4 is 0 Å². The maximum Gasteiger partial charge on any atom is 0.227 e. The van der Waals surface area contributed by atoms with Gasteiger partial charge in [0.15, 0.2) is 0 Å². The van der Waals surface area contributed by atoms with Crippen LogP contribution in [-0.4, -0.2) is 33.5 Å². The number of aliphatic hydroxyl groups is 1. The lowest BCUT2D eigenvalue weighted by Gasteiger charge is -2.26. The normalized spacial score (nSPS) is 19.3. The summed E-state index contributed by atoms with van der Waals surface area (Å²) in [4.78, 5) is 19.4. The largest absolute Gasteiger partial charge is 0.387 e. The Labute approximate surface area is 134 Å². The number of hydrogen-bond acceptors (Lipinski definition) is 4. The van der Waals surface area contributed by atoms with Crippen molar-refractivity contribution in [2.75, 3.05) is 6.54 Å². The van der Waals surface area contributed by atoms with E-state index in [4.69, 9.17) is 0 Å². The van der Waals surface area contributed by atoms with Crippen molar-refractivity contribution >= 4 is 17.2 Å². The van der Waals surface area contributed by atoms with E-state index >= 15 is 0 Å². The number of carbonyl (C=O) groups is 1. The van der Waals surface area contributed by atoms with Crippen molar-refractivity contribution in [3.05, 3.63) is 52.5 Å². The Morgan fingerprint density at radius 3 is 2.95 bits per heavy atom. The van der Waals surface area contributed by atoms with Crippen molar-refractivity contribution in [3.8, 4) is 0 Å². The Morgan fingerprint density at radius 2 is 2.23 bits per heavy atom. The number of likely N-dealkylation sites (tertiary alicyclic amines) is 1. The quantitative estimate of drug-likeness (QED) is 0.923. The van der Waals surface area contributed by atoms with E-state index < -0.39 is 6.10 Å². The van der Waals surface area contributed by atoms with Gasteiger partial charge in [0.25, 0.3) is 0 Å². The summed E-state index contributed by atoms with van der Waals surface area (Å²) in [5.74, 6) is 0.145. The Hall–Kier alpha value is -1.72. The second-order valence-electron chi connectivity index (χ2n) is 5.68. The average molecular weight is 316 g/mol. The highest BCUT2D eigenvalue weighted by molar-refractivity contribution is 7.10. The zero-order valence-corrected chi connectivity index (χ0v) is 13.2. The molecule has 0 saturated carbocycles. The van der Waals surface area contributed by atoms with Gasteiger partial charge in [0, 0.05) is 29.9 Å². The smallest absolute Gasteiger partial charge is 0.227 e. The van der Waals surface area contributed by atoms with Crippen LogP contribution in [0.15, 0.2) is 42.0 Å². The third kappa shape index (κ3) is 3.54. The molecule has 3 heterocycles. The van der Waals surface area contributed by atoms with Gasteiger partial charge in [-0.15, -0.1) is 11.3 Å². The van der Waals surface area contributed by atoms with Crippen molar-refractivity contribution in [2.45, 2.75) is 37.8 Å². The standard InChI is InChI=1S/C17H20N2O2S/c20-15(16-4-2-10-22-16)12-14-3-1-9-19(14)17(21)11-13-5-7-18-8-6-13/h2,4-8,10,14-15,20H,1,3,9,11-12H2/t14-,15-/m0/s1. The van der Waals surface area contributed by atoms with Crippen LogP contribution in [0.25, 0.3) is 0 Å². The van der Waals surface area contributed by atoms with Crippen LogP contribution in [0.2, 0.25) is 0 Å². The number of aromatic nitrogens is 1. The molecule has 1 aliphatic rings. The molecule has 5 heteroatoms. The van der Waals surface area contributed by atoms with Gasteiger partial charge < -0.3 is 10.0 Å². The van der Waals surface area contributed by atoms with E-state index in [0.717, 1.165) is 29.8 Å². The SMILES string of the molecule is O=C(Cc1ccncc1)N1CCC[C@H]1C[C@H](O)c1cccs1. The number of amides is 1. The molecular weight excluding hydrogens is 296 g/mol. The number of aliphatic hydroxyl groups excluding tert-OH is 1. The summed E-state index contributed by atoms with van der Waals surface area (Å²) in [6, 6.07) is 7.80. The van der Waals surface area contributed by atoms with Gasteiger partial charge in [-0.05, 0) is 48.4 Å². The predicted molar refractivity (Wildman–Crippen MR) is 86.6 cm³/mol. The number of carbonyl (C=O) groups excluding carboxylic acids is 1. The van der Waals surface area contributed by atoms with Crippen molar-refractivity contribution in [2.24, 2.45) is 0 Å². The van der Waals surface area contributed by atoms with Crippen LogP contribution in [0.1, 0.15) is 35.8 Å². The lowest BCUT2D eigenvalue weighted by Crippen LogP contribution is -2.37. The van der Waals surface area contributed by atoms with E-state index in [9.17, 15) is 9.90 Å². The molecule has 0 aliphatic carbocycles. The molecular formula is C17H20N2O2S. The first-order chi connectivity index (χ1) is 10.7. The third-order valence-corrected chi connectivity index (χ3v) is 5.14. The van der Waals surface area contributed by atoms with Crippen LogP contribution in [-0.2, 0) is 11.2 Å². The van der Waals surface area contributed by atoms with Crippen molar-refractivity contribution in [1.29, 1.82) is 0 Å². The summed E-state index contributed by atoms with van der Waals surface area (Å²) in [6.45, 7) is 0.797. The molecule has 0 spiro atoms. The van der Waals surface area contributed by atoms with Gasteiger partial charge >= 0.3 is 0 Å². The lowest BCUT2D eigenvalue weighted by molar-refractivity contribution is -0.131. The number of thiophene rings is 1. The lowest BCUT2D eigenvalue weighted by atomic mass is 10.0. The van der Waals surface area contributed by atoms with E-state index in [0.29, 0.717) is 12.8 Å². The molecule has 0 unspecified atom stereocenters. The fourth-order valence-electron chi connectivity index (χ4n) is 3.04. The summed E-state index contributed by atoms with van der Waals surface area (Å²) in [7, 11) is 0. The zero-order chi connectivity index (χ0) is 15.4. The number of rotatable bonds is 5. The summed E-state index contributed by atoms with van der Waals surface area (Å²) in [6.07, 6.45) is 5.99. The van der Waals surface area contributed by atoms with Gasteiger partial charge in [-0.1, -0.05) is 6.07 Å². The van der Waals surface area contributed by atoms with Gasteiger partial charge in [0.2, 0.25) is 5.91 Å². The molecule has 116 valence electrons. The molecule has 22 heavy (non-hydrogen) atoms. The third-order valence-electron chi connectivity index (χ3n) is 4.17. The van der Waals surface area contributed by atoms with Gasteiger partial charge in [-0.25, -0.2) is 0 Å². The van der Waals surface area contributed by atoms with E-state index in [1.807, 2.05) is 34.5 Å². The number of nitrogens with zero attached hydrogens (tertiary/aromatic N) is 2. The molecule has 0 bridgehead atoms. The second-order valence-corrected chi connectivity index (χ2v) is 6.66. The molecule has 1 N–H and O–H groups in total. The molecule has 1 saturated heterocycles. The van der Waals surface area contributed by atoms with E-state index in [1.54, 1.807) is 23.7 Å². The van der Waals surface area contributed by atoms with Crippen LogP contribution in [0, 0.1) is 0 Å². The number of hydrogen-bond donors (Lipinski definition) is 1. The molecule has 0 radical (unpaired) electrons. The van der Waals surface area contributed by atoms with Gasteiger partial charge in [0.1, 0.15) is 0 Å². The van der Waals surface area contributed by atoms with Gasteiger partial charge in [-0.3, -0.25) is 9.78 Å². The summed E-state index contributed by atoms with van der Waals surface area (Å²) >= 11 is 1.57. The summed E-state index contributed by atoms with van der Waals surface area (Å²) in [5.41, 5.74) is 0.990. The second kappa shape index (κ2) is 7.03. The topological polar surface area (TPSA) is 53.4 Å². The van der Waals surface area contributed by atoms with Crippen LogP contribution >= 0.6 is 11.3 Å². The monoisotopic (exact) mass is 316 g/mol. The molecule has 2 aromatic rings. The minimum Gasteiger partial charge on any atom is -0.387 e. The van der Waals surface area contributed by atoms with Crippen molar-refractivity contribution in [3.63, 3.8) is 0 Å². The molecule has 2 aromatic heterocycles. The predicted octanol–water partition coefficient (Wildman–Crippen LogP) is 2.80. The Morgan fingerprint density at radius 1 is 1.41 bits per heavy atom. The first-order valence-electron chi connectivity index (χ1n) is 7.64. The van der Waals surface area contributed by atoms with E-state index in [2.05, 4.69) is 4.98 Å². The molecule has 4 nitrogen and oxygen atoms in total. The minimum atomic E-state index is -0.473. The minimum absolute atomic E-state index is 0.145. The average Bonchev–Trinajstić information content (AvgIpc) is 3.19. The maximum atomic E-state index is 12.5. The fourth-order valence-corrected chi connectivity index (χ4v) is 3.77. The zero-order valence-electron chi connectivity index (χ0n) is 12.4. The Kier molecular flexibility index (Phi) is 4.85. The molecule has 1 aliphatic heterocycles. The Balaban J connectivity index is 1.61. The van der Waals surface area contributed by atoms with Crippen LogP contribution in [0.5, 0.6) is 0 Å². The highest BCUT2D eigenvalue weighted by Gasteiger charge is 2.30. The van der Waals surface area contributed by atoms with Gasteiger partial charge in [0.05, 0.1) is 12.5 Å². The van der Waals surface area contributed by atoms with Crippen LogP contribution in [0.4, 0.5) is 0 Å². The summed E-state index contributed by atoms with van der Waals surface area (Å²) in [5, 5.41) is 12.3. The molecule has 2 atom stereocenters. The molecule has 1 fully saturated rings. The van der Waals surface area contributed by atoms with E-state index in [-0.39, 0.29) is 11.9 Å². The first-order valence-corrected chi connectivity index (χ1v) is 8.52. The first kappa shape index (κ1) is 15.2. The molecule has 3 rings (SSSR count). The van der Waals surface area contributed by atoms with Crippen molar-refractivity contribution < 1.29 is 9.90 Å². The molecule has 1 amide bonds. The number of pyridine rings is 1. The maximum absolute atomic E-state index is 12.5. The fraction of sp³-hybridized carbons (Fsp3) is 0.412.